The van der Waals surface area contributed by atoms with Crippen molar-refractivity contribution in [1.29, 1.82) is 0 Å². The molecule has 0 aromatic carbocycles. The summed E-state index contributed by atoms with van der Waals surface area (Å²) in [6, 6.07) is 0. The number of amides is 1. The molecule has 1 fully saturated rings. The second kappa shape index (κ2) is 4.27. The lowest BCUT2D eigenvalue weighted by molar-refractivity contribution is -0.131. The van der Waals surface area contributed by atoms with Gasteiger partial charge in [-0.2, -0.15) is 0 Å². The van der Waals surface area contributed by atoms with Crippen molar-refractivity contribution in [1.82, 2.24) is 4.90 Å². The van der Waals surface area contributed by atoms with Gasteiger partial charge in [-0.3, -0.25) is 4.79 Å². The van der Waals surface area contributed by atoms with E-state index in [0.717, 1.165) is 19.3 Å². The number of hydrogen-bond acceptors (Lipinski definition) is 3. The van der Waals surface area contributed by atoms with Crippen molar-refractivity contribution in [2.75, 3.05) is 13.1 Å². The Bertz CT molecular complexity index is 307. The highest BCUT2D eigenvalue weighted by molar-refractivity contribution is 7.90. The fraction of sp³-hybridized carbons (Fsp3) is 0.875. The first-order chi connectivity index (χ1) is 6.43. The summed E-state index contributed by atoms with van der Waals surface area (Å²) in [5.74, 6) is -0.368. The van der Waals surface area contributed by atoms with Crippen LogP contribution in [0.15, 0.2) is 0 Å². The van der Waals surface area contributed by atoms with Crippen molar-refractivity contribution < 1.29 is 13.2 Å². The van der Waals surface area contributed by atoms with Gasteiger partial charge in [-0.1, -0.05) is 0 Å². The molecule has 0 saturated carbocycles. The van der Waals surface area contributed by atoms with Crippen molar-refractivity contribution in [2.24, 2.45) is 5.14 Å². The zero-order chi connectivity index (χ0) is 10.8. The first-order valence-corrected chi connectivity index (χ1v) is 6.34. The van der Waals surface area contributed by atoms with Gasteiger partial charge in [0.25, 0.3) is 0 Å². The van der Waals surface area contributed by atoms with E-state index >= 15 is 0 Å². The highest BCUT2D eigenvalue weighted by Crippen LogP contribution is 2.11. The number of piperidine rings is 1. The third-order valence-electron chi connectivity index (χ3n) is 2.51. The zero-order valence-electron chi connectivity index (χ0n) is 8.27. The van der Waals surface area contributed by atoms with Crippen LogP contribution in [0.4, 0.5) is 0 Å². The lowest BCUT2D eigenvalue weighted by atomic mass is 10.1. The molecule has 1 unspecified atom stereocenters. The Morgan fingerprint density at radius 3 is 2.21 bits per heavy atom. The molecule has 0 aromatic rings. The number of nitrogens with two attached hydrogens (primary N) is 1. The van der Waals surface area contributed by atoms with E-state index in [1.807, 2.05) is 0 Å². The third kappa shape index (κ3) is 2.68. The number of hydrogen-bond donors (Lipinski definition) is 1. The Morgan fingerprint density at radius 1 is 1.29 bits per heavy atom. The monoisotopic (exact) mass is 220 g/mol. The minimum Gasteiger partial charge on any atom is -0.342 e. The van der Waals surface area contributed by atoms with E-state index in [-0.39, 0.29) is 5.91 Å². The molecule has 1 saturated heterocycles. The molecule has 6 heteroatoms. The van der Waals surface area contributed by atoms with E-state index in [1.165, 1.54) is 6.92 Å². The summed E-state index contributed by atoms with van der Waals surface area (Å²) in [7, 11) is -3.74. The Hall–Kier alpha value is -0.620. The molecule has 0 bridgehead atoms. The van der Waals surface area contributed by atoms with Crippen molar-refractivity contribution in [3.05, 3.63) is 0 Å². The van der Waals surface area contributed by atoms with Crippen LogP contribution in [0, 0.1) is 0 Å². The van der Waals surface area contributed by atoms with Crippen LogP contribution in [0.2, 0.25) is 0 Å². The van der Waals surface area contributed by atoms with Crippen LogP contribution in [0.25, 0.3) is 0 Å². The SMILES string of the molecule is CC(C(=O)N1CCCCC1)S(N)(=O)=O. The molecule has 1 rings (SSSR count). The van der Waals surface area contributed by atoms with Crippen LogP contribution < -0.4 is 5.14 Å². The summed E-state index contributed by atoms with van der Waals surface area (Å²) in [6.07, 6.45) is 3.00. The molecule has 82 valence electrons. The molecule has 5 nitrogen and oxygen atoms in total. The molecular formula is C8H16N2O3S. The van der Waals surface area contributed by atoms with E-state index in [9.17, 15) is 13.2 Å². The lowest BCUT2D eigenvalue weighted by Crippen LogP contribution is -2.45. The second-order valence-corrected chi connectivity index (χ2v) is 5.50. The maximum absolute atomic E-state index is 11.6. The summed E-state index contributed by atoms with van der Waals surface area (Å²) in [5, 5.41) is 3.80. The Morgan fingerprint density at radius 2 is 1.79 bits per heavy atom. The molecule has 1 amide bonds. The molecule has 0 radical (unpaired) electrons. The number of carbonyl (C=O) groups excluding carboxylic acids is 1. The second-order valence-electron chi connectivity index (χ2n) is 3.62. The van der Waals surface area contributed by atoms with Gasteiger partial charge in [0.1, 0.15) is 0 Å². The molecule has 14 heavy (non-hydrogen) atoms. The van der Waals surface area contributed by atoms with Gasteiger partial charge in [0.2, 0.25) is 15.9 Å². The number of carbonyl (C=O) groups is 1. The van der Waals surface area contributed by atoms with E-state index in [2.05, 4.69) is 0 Å². The normalized spacial score (nSPS) is 20.6. The number of rotatable bonds is 2. The van der Waals surface area contributed by atoms with E-state index in [4.69, 9.17) is 5.14 Å². The maximum Gasteiger partial charge on any atom is 0.242 e. The van der Waals surface area contributed by atoms with Gasteiger partial charge < -0.3 is 4.90 Å². The Kier molecular flexibility index (Phi) is 3.49. The average molecular weight is 220 g/mol. The van der Waals surface area contributed by atoms with Gasteiger partial charge in [0, 0.05) is 13.1 Å². The van der Waals surface area contributed by atoms with E-state index in [1.54, 1.807) is 4.90 Å². The molecule has 1 aliphatic rings. The first kappa shape index (κ1) is 11.5. The maximum atomic E-state index is 11.6. The smallest absolute Gasteiger partial charge is 0.242 e. The van der Waals surface area contributed by atoms with Crippen LogP contribution in [0.3, 0.4) is 0 Å². The fourth-order valence-corrected chi connectivity index (χ4v) is 1.94. The van der Waals surface area contributed by atoms with Gasteiger partial charge in [-0.25, -0.2) is 13.6 Å². The number of likely N-dealkylation sites (tertiary alicyclic amines) is 1. The standard InChI is InChI=1S/C8H16N2O3S/c1-7(14(9,12)13)8(11)10-5-3-2-4-6-10/h7H,2-6H2,1H3,(H2,9,12,13). The third-order valence-corrected chi connectivity index (χ3v) is 3.70. The van der Waals surface area contributed by atoms with E-state index < -0.39 is 15.3 Å². The van der Waals surface area contributed by atoms with Crippen LogP contribution in [-0.4, -0.2) is 37.6 Å². The molecular weight excluding hydrogens is 204 g/mol. The topological polar surface area (TPSA) is 80.5 Å². The molecule has 1 aliphatic heterocycles. The summed E-state index contributed by atoms with van der Waals surface area (Å²) in [5.41, 5.74) is 0. The minimum absolute atomic E-state index is 0.368. The van der Waals surface area contributed by atoms with Gasteiger partial charge >= 0.3 is 0 Å². The van der Waals surface area contributed by atoms with Crippen LogP contribution in [0.5, 0.6) is 0 Å². The summed E-state index contributed by atoms with van der Waals surface area (Å²) in [4.78, 5) is 13.2. The van der Waals surface area contributed by atoms with Crippen LogP contribution >= 0.6 is 0 Å². The average Bonchev–Trinajstić information content (AvgIpc) is 2.15. The molecule has 1 atom stereocenters. The molecule has 2 N–H and O–H groups in total. The highest BCUT2D eigenvalue weighted by atomic mass is 32.2. The predicted molar refractivity (Wildman–Crippen MR) is 53.0 cm³/mol. The summed E-state index contributed by atoms with van der Waals surface area (Å²) < 4.78 is 21.9. The Balaban J connectivity index is 2.64. The number of primary sulfonamides is 1. The quantitative estimate of drug-likeness (QED) is 0.692. The Labute approximate surface area is 84.3 Å². The largest absolute Gasteiger partial charge is 0.342 e. The molecule has 0 aromatic heterocycles. The van der Waals surface area contributed by atoms with Crippen molar-refractivity contribution in [3.63, 3.8) is 0 Å². The van der Waals surface area contributed by atoms with Crippen LogP contribution in [-0.2, 0) is 14.8 Å². The minimum atomic E-state index is -3.74. The molecule has 0 spiro atoms. The fourth-order valence-electron chi connectivity index (χ4n) is 1.51. The lowest BCUT2D eigenvalue weighted by Gasteiger charge is -2.28. The first-order valence-electron chi connectivity index (χ1n) is 4.73. The van der Waals surface area contributed by atoms with Crippen molar-refractivity contribution >= 4 is 15.9 Å². The predicted octanol–water partition coefficient (Wildman–Crippen LogP) is -0.324. The van der Waals surface area contributed by atoms with Gasteiger partial charge in [-0.05, 0) is 26.2 Å². The van der Waals surface area contributed by atoms with Crippen molar-refractivity contribution in [3.8, 4) is 0 Å². The van der Waals surface area contributed by atoms with Crippen molar-refractivity contribution in [2.45, 2.75) is 31.4 Å². The molecule has 0 aliphatic carbocycles. The summed E-state index contributed by atoms with van der Waals surface area (Å²) in [6.45, 7) is 2.64. The van der Waals surface area contributed by atoms with E-state index in [0.29, 0.717) is 13.1 Å². The van der Waals surface area contributed by atoms with Gasteiger partial charge in [-0.15, -0.1) is 0 Å². The van der Waals surface area contributed by atoms with Crippen LogP contribution in [0.1, 0.15) is 26.2 Å². The van der Waals surface area contributed by atoms with Gasteiger partial charge in [0.05, 0.1) is 0 Å². The number of sulfonamides is 1. The van der Waals surface area contributed by atoms with Gasteiger partial charge in [0.15, 0.2) is 5.25 Å². The molecule has 1 heterocycles. The summed E-state index contributed by atoms with van der Waals surface area (Å²) >= 11 is 0. The number of nitrogens with zero attached hydrogens (tertiary/aromatic N) is 1. The highest BCUT2D eigenvalue weighted by Gasteiger charge is 2.29. The zero-order valence-corrected chi connectivity index (χ0v) is 9.09.